The summed E-state index contributed by atoms with van der Waals surface area (Å²) < 4.78 is 0. The highest BCUT2D eigenvalue weighted by Gasteiger charge is 2.00. The smallest absolute Gasteiger partial charge is 0.218 e. The van der Waals surface area contributed by atoms with E-state index in [1.54, 1.807) is 13.1 Å². The van der Waals surface area contributed by atoms with Gasteiger partial charge in [0.25, 0.3) is 0 Å². The van der Waals surface area contributed by atoms with E-state index in [1.165, 1.54) is 13.1 Å². The van der Waals surface area contributed by atoms with Crippen molar-refractivity contribution in [2.45, 2.75) is 13.1 Å². The number of nitrogens with one attached hydrogen (secondary N) is 3. The van der Waals surface area contributed by atoms with Crippen molar-refractivity contribution in [3.05, 3.63) is 12.3 Å². The van der Waals surface area contributed by atoms with Gasteiger partial charge in [-0.2, -0.15) is 0 Å². The molecule has 5 nitrogen and oxygen atoms in total. The lowest BCUT2D eigenvalue weighted by atomic mass is 10.4. The standard InChI is InChI=1S/C7H13N3O2/c1-6(12)10-7(8-2)3-4-9-5-11/h3-5,7-8H,1-2H3,(H,9,11)(H,10,12)/b4-3-. The highest BCUT2D eigenvalue weighted by molar-refractivity contribution is 5.73. The first-order valence-corrected chi connectivity index (χ1v) is 3.51. The van der Waals surface area contributed by atoms with Gasteiger partial charge >= 0.3 is 0 Å². The molecule has 68 valence electrons. The molecular weight excluding hydrogens is 158 g/mol. The van der Waals surface area contributed by atoms with Gasteiger partial charge in [-0.25, -0.2) is 0 Å². The number of likely N-dealkylation sites (N-methyl/N-ethyl adjacent to an activating group) is 1. The predicted octanol–water partition coefficient (Wildman–Crippen LogP) is -1.07. The Morgan fingerprint density at radius 2 is 2.17 bits per heavy atom. The fraction of sp³-hybridized carbons (Fsp3) is 0.429. The van der Waals surface area contributed by atoms with Gasteiger partial charge in [-0.3, -0.25) is 14.9 Å². The van der Waals surface area contributed by atoms with Crippen LogP contribution in [0.25, 0.3) is 0 Å². The van der Waals surface area contributed by atoms with Gasteiger partial charge in [0.1, 0.15) is 0 Å². The summed E-state index contributed by atoms with van der Waals surface area (Å²) in [5.74, 6) is -0.134. The summed E-state index contributed by atoms with van der Waals surface area (Å²) >= 11 is 0. The van der Waals surface area contributed by atoms with E-state index in [9.17, 15) is 9.59 Å². The molecule has 12 heavy (non-hydrogen) atoms. The van der Waals surface area contributed by atoms with E-state index in [0.717, 1.165) is 0 Å². The van der Waals surface area contributed by atoms with Gasteiger partial charge in [-0.15, -0.1) is 0 Å². The first kappa shape index (κ1) is 10.6. The lowest BCUT2D eigenvalue weighted by Gasteiger charge is -2.11. The van der Waals surface area contributed by atoms with Crippen LogP contribution < -0.4 is 16.0 Å². The molecule has 0 heterocycles. The summed E-state index contributed by atoms with van der Waals surface area (Å²) in [6.07, 6.45) is 3.37. The summed E-state index contributed by atoms with van der Waals surface area (Å²) in [6.45, 7) is 1.42. The molecule has 3 N–H and O–H groups in total. The first-order valence-electron chi connectivity index (χ1n) is 3.51. The van der Waals surface area contributed by atoms with Gasteiger partial charge in [-0.05, 0) is 13.1 Å². The van der Waals surface area contributed by atoms with Crippen LogP contribution in [0.15, 0.2) is 12.3 Å². The molecule has 0 aromatic heterocycles. The molecule has 2 amide bonds. The summed E-state index contributed by atoms with van der Waals surface area (Å²) in [5.41, 5.74) is 0. The SMILES string of the molecule is CNC(/C=C\NC=O)NC(C)=O. The number of hydrogen-bond donors (Lipinski definition) is 3. The minimum atomic E-state index is -0.255. The molecule has 0 rings (SSSR count). The van der Waals surface area contributed by atoms with Crippen molar-refractivity contribution in [1.29, 1.82) is 0 Å². The van der Waals surface area contributed by atoms with Crippen molar-refractivity contribution in [3.63, 3.8) is 0 Å². The Kier molecular flexibility index (Phi) is 5.64. The Balaban J connectivity index is 3.81. The van der Waals surface area contributed by atoms with E-state index in [1.807, 2.05) is 0 Å². The van der Waals surface area contributed by atoms with E-state index < -0.39 is 0 Å². The zero-order valence-electron chi connectivity index (χ0n) is 7.13. The van der Waals surface area contributed by atoms with Crippen molar-refractivity contribution in [1.82, 2.24) is 16.0 Å². The normalized spacial score (nSPS) is 12.5. The molecular formula is C7H13N3O2. The molecule has 0 saturated carbocycles. The van der Waals surface area contributed by atoms with Crippen LogP contribution in [-0.2, 0) is 9.59 Å². The van der Waals surface area contributed by atoms with Crippen LogP contribution in [0.5, 0.6) is 0 Å². The molecule has 0 aromatic carbocycles. The monoisotopic (exact) mass is 171 g/mol. The maximum Gasteiger partial charge on any atom is 0.218 e. The van der Waals surface area contributed by atoms with E-state index >= 15 is 0 Å². The predicted molar refractivity (Wildman–Crippen MR) is 45.0 cm³/mol. The molecule has 0 bridgehead atoms. The third kappa shape index (κ3) is 5.43. The molecule has 5 heteroatoms. The quantitative estimate of drug-likeness (QED) is 0.364. The Hall–Kier alpha value is -1.36. The van der Waals surface area contributed by atoms with Gasteiger partial charge in [0.2, 0.25) is 12.3 Å². The number of carbonyl (C=O) groups is 2. The Labute approximate surface area is 71.2 Å². The zero-order valence-corrected chi connectivity index (χ0v) is 7.13. The van der Waals surface area contributed by atoms with Gasteiger partial charge in [-0.1, -0.05) is 0 Å². The summed E-state index contributed by atoms with van der Waals surface area (Å²) in [5, 5.41) is 7.75. The molecule has 0 aliphatic carbocycles. The van der Waals surface area contributed by atoms with Crippen molar-refractivity contribution in [2.24, 2.45) is 0 Å². The zero-order chi connectivity index (χ0) is 9.40. The minimum Gasteiger partial charge on any atom is -0.337 e. The third-order valence-corrected chi connectivity index (χ3v) is 1.12. The number of carbonyl (C=O) groups excluding carboxylic acids is 2. The summed E-state index contributed by atoms with van der Waals surface area (Å²) in [4.78, 5) is 20.4. The van der Waals surface area contributed by atoms with Crippen molar-refractivity contribution in [3.8, 4) is 0 Å². The largest absolute Gasteiger partial charge is 0.337 e. The second-order valence-electron chi connectivity index (χ2n) is 2.11. The van der Waals surface area contributed by atoms with Crippen LogP contribution in [0.1, 0.15) is 6.92 Å². The van der Waals surface area contributed by atoms with Crippen molar-refractivity contribution in [2.75, 3.05) is 7.05 Å². The number of amides is 2. The average molecular weight is 171 g/mol. The lowest BCUT2D eigenvalue weighted by molar-refractivity contribution is -0.119. The molecule has 1 atom stereocenters. The highest BCUT2D eigenvalue weighted by atomic mass is 16.1. The summed E-state index contributed by atoms with van der Waals surface area (Å²) in [6, 6.07) is 0. The molecule has 0 aliphatic heterocycles. The van der Waals surface area contributed by atoms with E-state index in [-0.39, 0.29) is 12.1 Å². The third-order valence-electron chi connectivity index (χ3n) is 1.12. The molecule has 1 unspecified atom stereocenters. The Morgan fingerprint density at radius 3 is 2.58 bits per heavy atom. The molecule has 0 saturated heterocycles. The molecule has 0 fully saturated rings. The van der Waals surface area contributed by atoms with Crippen LogP contribution in [0.2, 0.25) is 0 Å². The second kappa shape index (κ2) is 6.36. The topological polar surface area (TPSA) is 70.2 Å². The van der Waals surface area contributed by atoms with Crippen molar-refractivity contribution < 1.29 is 9.59 Å². The van der Waals surface area contributed by atoms with Gasteiger partial charge in [0.05, 0.1) is 6.17 Å². The molecule has 0 radical (unpaired) electrons. The summed E-state index contributed by atoms with van der Waals surface area (Å²) in [7, 11) is 1.70. The average Bonchev–Trinajstić information content (AvgIpc) is 2.02. The Morgan fingerprint density at radius 1 is 1.50 bits per heavy atom. The van der Waals surface area contributed by atoms with Crippen LogP contribution in [0.4, 0.5) is 0 Å². The van der Waals surface area contributed by atoms with Crippen LogP contribution in [0, 0.1) is 0 Å². The van der Waals surface area contributed by atoms with E-state index in [4.69, 9.17) is 0 Å². The van der Waals surface area contributed by atoms with Crippen LogP contribution >= 0.6 is 0 Å². The van der Waals surface area contributed by atoms with E-state index in [0.29, 0.717) is 6.41 Å². The number of rotatable bonds is 5. The van der Waals surface area contributed by atoms with Crippen molar-refractivity contribution >= 4 is 12.3 Å². The maximum atomic E-state index is 10.6. The molecule has 0 spiro atoms. The minimum absolute atomic E-state index is 0.134. The van der Waals surface area contributed by atoms with Gasteiger partial charge < -0.3 is 10.6 Å². The fourth-order valence-electron chi connectivity index (χ4n) is 0.627. The Bertz CT molecular complexity index is 179. The van der Waals surface area contributed by atoms with Gasteiger partial charge in [0, 0.05) is 13.1 Å². The maximum absolute atomic E-state index is 10.6. The fourth-order valence-corrected chi connectivity index (χ4v) is 0.627. The molecule has 0 aromatic rings. The van der Waals surface area contributed by atoms with Crippen LogP contribution in [-0.4, -0.2) is 25.5 Å². The van der Waals surface area contributed by atoms with Gasteiger partial charge in [0.15, 0.2) is 0 Å². The van der Waals surface area contributed by atoms with E-state index in [2.05, 4.69) is 16.0 Å². The highest BCUT2D eigenvalue weighted by Crippen LogP contribution is 1.78. The first-order chi connectivity index (χ1) is 5.70. The lowest BCUT2D eigenvalue weighted by Crippen LogP contribution is -2.41. The molecule has 0 aliphatic rings. The second-order valence-corrected chi connectivity index (χ2v) is 2.11. The van der Waals surface area contributed by atoms with Crippen LogP contribution in [0.3, 0.4) is 0 Å². The number of hydrogen-bond acceptors (Lipinski definition) is 3.